The Morgan fingerprint density at radius 2 is 1.90 bits per heavy atom. The van der Waals surface area contributed by atoms with Gasteiger partial charge in [0.25, 0.3) is 0 Å². The first-order valence-corrected chi connectivity index (χ1v) is 11.4. The molecule has 0 aromatic heterocycles. The van der Waals surface area contributed by atoms with Crippen LogP contribution in [0, 0.1) is 11.3 Å². The summed E-state index contributed by atoms with van der Waals surface area (Å²) in [5.41, 5.74) is 7.50. The van der Waals surface area contributed by atoms with Crippen molar-refractivity contribution >= 4 is 11.8 Å². The van der Waals surface area contributed by atoms with E-state index in [-0.39, 0.29) is 17.4 Å². The highest BCUT2D eigenvalue weighted by Crippen LogP contribution is 2.41. The lowest BCUT2D eigenvalue weighted by Gasteiger charge is -2.40. The summed E-state index contributed by atoms with van der Waals surface area (Å²) in [6, 6.07) is 10.7. The molecule has 3 aliphatic rings. The van der Waals surface area contributed by atoms with Crippen LogP contribution in [-0.4, -0.2) is 53.8 Å². The van der Waals surface area contributed by atoms with Gasteiger partial charge in [0.05, 0.1) is 0 Å². The van der Waals surface area contributed by atoms with Crippen molar-refractivity contribution in [2.45, 2.75) is 63.8 Å². The molecule has 0 unspecified atom stereocenters. The van der Waals surface area contributed by atoms with Crippen LogP contribution < -0.4 is 5.73 Å². The third-order valence-electron chi connectivity index (χ3n) is 7.34. The average molecular weight is 398 g/mol. The molecule has 1 saturated carbocycles. The van der Waals surface area contributed by atoms with E-state index in [0.29, 0.717) is 18.2 Å². The molecule has 1 spiro atoms. The van der Waals surface area contributed by atoms with Crippen LogP contribution in [0.1, 0.15) is 56.9 Å². The van der Waals surface area contributed by atoms with Gasteiger partial charge in [-0.05, 0) is 50.5 Å². The minimum Gasteiger partial charge on any atom is -0.342 e. The maximum atomic E-state index is 12.9. The van der Waals surface area contributed by atoms with Crippen molar-refractivity contribution < 1.29 is 9.59 Å². The largest absolute Gasteiger partial charge is 0.342 e. The van der Waals surface area contributed by atoms with Crippen molar-refractivity contribution in [1.29, 1.82) is 0 Å². The first-order chi connectivity index (χ1) is 14.0. The number of piperidine rings is 1. The van der Waals surface area contributed by atoms with E-state index in [9.17, 15) is 9.59 Å². The number of rotatable bonds is 5. The molecule has 5 heteroatoms. The number of nitrogens with zero attached hydrogens (tertiary/aromatic N) is 2. The van der Waals surface area contributed by atoms with E-state index < -0.39 is 0 Å². The van der Waals surface area contributed by atoms with Crippen molar-refractivity contribution in [2.75, 3.05) is 26.2 Å². The summed E-state index contributed by atoms with van der Waals surface area (Å²) >= 11 is 0. The van der Waals surface area contributed by atoms with Gasteiger partial charge in [-0.25, -0.2) is 0 Å². The van der Waals surface area contributed by atoms with Gasteiger partial charge in [0.15, 0.2) is 0 Å². The second-order valence-electron chi connectivity index (χ2n) is 9.53. The van der Waals surface area contributed by atoms with Crippen LogP contribution >= 0.6 is 0 Å². The zero-order chi connectivity index (χ0) is 20.3. The Kier molecular flexibility index (Phi) is 6.23. The minimum absolute atomic E-state index is 0.0869. The highest BCUT2D eigenvalue weighted by molar-refractivity contribution is 5.80. The Labute approximate surface area is 174 Å². The van der Waals surface area contributed by atoms with E-state index in [4.69, 9.17) is 5.73 Å². The molecule has 2 aliphatic heterocycles. The fourth-order valence-corrected chi connectivity index (χ4v) is 5.55. The number of amides is 2. The SMILES string of the molecule is N[C@H]1CCC[C@@H](C(=O)N2CCC3(CC2)CC(=O)N(CCCc2ccccc2)C3)C1. The maximum absolute atomic E-state index is 12.9. The number of likely N-dealkylation sites (tertiary alicyclic amines) is 2. The summed E-state index contributed by atoms with van der Waals surface area (Å²) in [6.07, 6.45) is 8.56. The number of aryl methyl sites for hydroxylation is 1. The quantitative estimate of drug-likeness (QED) is 0.831. The smallest absolute Gasteiger partial charge is 0.225 e. The van der Waals surface area contributed by atoms with Crippen LogP contribution in [-0.2, 0) is 16.0 Å². The maximum Gasteiger partial charge on any atom is 0.225 e. The fraction of sp³-hybridized carbons (Fsp3) is 0.667. The molecular weight excluding hydrogens is 362 g/mol. The van der Waals surface area contributed by atoms with Gasteiger partial charge in [-0.2, -0.15) is 0 Å². The van der Waals surface area contributed by atoms with Gasteiger partial charge in [-0.1, -0.05) is 36.8 Å². The number of hydrogen-bond acceptors (Lipinski definition) is 3. The summed E-state index contributed by atoms with van der Waals surface area (Å²) in [5.74, 6) is 0.725. The second-order valence-corrected chi connectivity index (χ2v) is 9.53. The Morgan fingerprint density at radius 1 is 1.14 bits per heavy atom. The highest BCUT2D eigenvalue weighted by atomic mass is 16.2. The normalized spacial score (nSPS) is 26.9. The first kappa shape index (κ1) is 20.4. The Balaban J connectivity index is 1.25. The molecule has 3 fully saturated rings. The van der Waals surface area contributed by atoms with Gasteiger partial charge in [0.2, 0.25) is 11.8 Å². The van der Waals surface area contributed by atoms with Crippen LogP contribution in [0.5, 0.6) is 0 Å². The molecule has 1 aromatic rings. The molecular formula is C24H35N3O2. The minimum atomic E-state index is 0.0869. The van der Waals surface area contributed by atoms with Crippen LogP contribution in [0.4, 0.5) is 0 Å². The molecule has 0 radical (unpaired) electrons. The fourth-order valence-electron chi connectivity index (χ4n) is 5.55. The zero-order valence-corrected chi connectivity index (χ0v) is 17.5. The highest BCUT2D eigenvalue weighted by Gasteiger charge is 2.45. The van der Waals surface area contributed by atoms with Gasteiger partial charge < -0.3 is 15.5 Å². The first-order valence-electron chi connectivity index (χ1n) is 11.4. The number of nitrogens with two attached hydrogens (primary N) is 1. The van der Waals surface area contributed by atoms with Gasteiger partial charge in [-0.15, -0.1) is 0 Å². The summed E-state index contributed by atoms with van der Waals surface area (Å²) in [5, 5.41) is 0. The van der Waals surface area contributed by atoms with Crippen molar-refractivity contribution in [1.82, 2.24) is 9.80 Å². The van der Waals surface area contributed by atoms with Gasteiger partial charge in [0.1, 0.15) is 0 Å². The summed E-state index contributed by atoms with van der Waals surface area (Å²) < 4.78 is 0. The van der Waals surface area contributed by atoms with Crippen molar-refractivity contribution in [2.24, 2.45) is 17.1 Å². The lowest BCUT2D eigenvalue weighted by atomic mass is 9.77. The molecule has 2 heterocycles. The lowest BCUT2D eigenvalue weighted by Crippen LogP contribution is -2.47. The van der Waals surface area contributed by atoms with Crippen LogP contribution in [0.15, 0.2) is 30.3 Å². The predicted octanol–water partition coefficient (Wildman–Crippen LogP) is 2.98. The number of benzene rings is 1. The molecule has 2 amide bonds. The van der Waals surface area contributed by atoms with Crippen LogP contribution in [0.2, 0.25) is 0 Å². The van der Waals surface area contributed by atoms with Crippen LogP contribution in [0.25, 0.3) is 0 Å². The molecule has 2 saturated heterocycles. The van der Waals surface area contributed by atoms with Gasteiger partial charge in [-0.3, -0.25) is 9.59 Å². The predicted molar refractivity (Wildman–Crippen MR) is 114 cm³/mol. The van der Waals surface area contributed by atoms with E-state index in [2.05, 4.69) is 34.1 Å². The van der Waals surface area contributed by atoms with E-state index >= 15 is 0 Å². The Hall–Kier alpha value is -1.88. The number of carbonyl (C=O) groups is 2. The van der Waals surface area contributed by atoms with E-state index in [1.165, 1.54) is 5.56 Å². The van der Waals surface area contributed by atoms with Crippen molar-refractivity contribution in [3.8, 4) is 0 Å². The third kappa shape index (κ3) is 4.82. The molecule has 29 heavy (non-hydrogen) atoms. The van der Waals surface area contributed by atoms with E-state index in [1.54, 1.807) is 0 Å². The lowest BCUT2D eigenvalue weighted by molar-refractivity contribution is -0.139. The molecule has 1 aliphatic carbocycles. The third-order valence-corrected chi connectivity index (χ3v) is 7.34. The number of carbonyl (C=O) groups excluding carboxylic acids is 2. The molecule has 158 valence electrons. The molecule has 0 bridgehead atoms. The Bertz CT molecular complexity index is 712. The second kappa shape index (κ2) is 8.86. The standard InChI is InChI=1S/C24H35N3O2/c25-21-10-4-9-20(16-21)23(29)26-14-11-24(12-15-26)17-22(28)27(18-24)13-5-8-19-6-2-1-3-7-19/h1-3,6-7,20-21H,4-5,8-18,25H2/t20-,21+/m1/s1. The zero-order valence-electron chi connectivity index (χ0n) is 17.5. The Morgan fingerprint density at radius 3 is 2.62 bits per heavy atom. The molecule has 5 nitrogen and oxygen atoms in total. The monoisotopic (exact) mass is 397 g/mol. The van der Waals surface area contributed by atoms with Crippen molar-refractivity contribution in [3.05, 3.63) is 35.9 Å². The van der Waals surface area contributed by atoms with E-state index in [0.717, 1.165) is 77.5 Å². The summed E-state index contributed by atoms with van der Waals surface area (Å²) in [4.78, 5) is 29.6. The summed E-state index contributed by atoms with van der Waals surface area (Å²) in [7, 11) is 0. The van der Waals surface area contributed by atoms with Gasteiger partial charge >= 0.3 is 0 Å². The van der Waals surface area contributed by atoms with Crippen LogP contribution in [0.3, 0.4) is 0 Å². The molecule has 1 aromatic carbocycles. The van der Waals surface area contributed by atoms with Crippen molar-refractivity contribution in [3.63, 3.8) is 0 Å². The molecule has 4 rings (SSSR count). The summed E-state index contributed by atoms with van der Waals surface area (Å²) in [6.45, 7) is 3.32. The molecule has 2 N–H and O–H groups in total. The molecule has 2 atom stereocenters. The number of hydrogen-bond donors (Lipinski definition) is 1. The average Bonchev–Trinajstić information content (AvgIpc) is 3.03. The topological polar surface area (TPSA) is 66.6 Å². The van der Waals surface area contributed by atoms with E-state index in [1.807, 2.05) is 6.07 Å². The van der Waals surface area contributed by atoms with Gasteiger partial charge in [0, 0.05) is 50.0 Å².